The lowest BCUT2D eigenvalue weighted by Gasteiger charge is -2.25. The van der Waals surface area contributed by atoms with Crippen molar-refractivity contribution in [1.82, 2.24) is 10.2 Å². The average molecular weight is 399 g/mol. The summed E-state index contributed by atoms with van der Waals surface area (Å²) in [5.74, 6) is 1.33. The highest BCUT2D eigenvalue weighted by Crippen LogP contribution is 2.38. The topological polar surface area (TPSA) is 66.0 Å². The number of hydrogen-bond donors (Lipinski definition) is 2. The van der Waals surface area contributed by atoms with Crippen LogP contribution in [0.1, 0.15) is 51.0 Å². The summed E-state index contributed by atoms with van der Waals surface area (Å²) < 4.78 is 5.66. The van der Waals surface area contributed by atoms with Crippen LogP contribution in [0.5, 0.6) is 0 Å². The Hall–Kier alpha value is -2.08. The normalized spacial score (nSPS) is 25.1. The molecule has 1 aromatic carbocycles. The van der Waals surface area contributed by atoms with Crippen LogP contribution in [-0.2, 0) is 16.1 Å². The second-order valence-corrected chi connectivity index (χ2v) is 8.82. The minimum atomic E-state index is 0.164. The molecule has 6 nitrogen and oxygen atoms in total. The number of rotatable bonds is 5. The van der Waals surface area contributed by atoms with Crippen molar-refractivity contribution in [3.05, 3.63) is 29.8 Å². The summed E-state index contributed by atoms with van der Waals surface area (Å²) in [5, 5.41) is 6.55. The van der Waals surface area contributed by atoms with E-state index in [1.807, 2.05) is 12.1 Å². The van der Waals surface area contributed by atoms with Crippen molar-refractivity contribution in [1.29, 1.82) is 0 Å². The molecule has 2 N–H and O–H groups in total. The number of aliphatic imine (C=N–C) groups is 1. The summed E-state index contributed by atoms with van der Waals surface area (Å²) in [7, 11) is 0. The van der Waals surface area contributed by atoms with Crippen molar-refractivity contribution in [2.75, 3.05) is 38.2 Å². The summed E-state index contributed by atoms with van der Waals surface area (Å²) in [6.07, 6.45) is 6.72. The van der Waals surface area contributed by atoms with Crippen molar-refractivity contribution in [3.8, 4) is 0 Å². The van der Waals surface area contributed by atoms with Gasteiger partial charge in [-0.25, -0.2) is 4.99 Å². The molecule has 158 valence electrons. The molecule has 0 bridgehead atoms. The number of benzene rings is 1. The maximum Gasteiger partial charge on any atom is 0.227 e. The Balaban J connectivity index is 1.39. The minimum absolute atomic E-state index is 0.164. The Kier molecular flexibility index (Phi) is 6.38. The lowest BCUT2D eigenvalue weighted by Crippen LogP contribution is -2.41. The number of amides is 1. The molecule has 29 heavy (non-hydrogen) atoms. The van der Waals surface area contributed by atoms with Gasteiger partial charge in [-0.2, -0.15) is 0 Å². The van der Waals surface area contributed by atoms with Crippen LogP contribution in [-0.4, -0.2) is 49.6 Å². The van der Waals surface area contributed by atoms with Gasteiger partial charge in [-0.3, -0.25) is 4.79 Å². The predicted octanol–water partition coefficient (Wildman–Crippen LogP) is 3.39. The first-order chi connectivity index (χ1) is 14.2. The Morgan fingerprint density at radius 3 is 2.93 bits per heavy atom. The second kappa shape index (κ2) is 9.16. The van der Waals surface area contributed by atoms with Gasteiger partial charge < -0.3 is 20.3 Å². The van der Waals surface area contributed by atoms with Crippen LogP contribution in [0.15, 0.2) is 29.3 Å². The standard InChI is InChI=1S/C23H34N4O2/c1-2-24-22(27-12-10-23(16-27)11-13-29-17-23)25-15-18-6-5-9-20(14-18)26-21(28)19-7-3-4-8-19/h5-6,9,14,19H,2-4,7-8,10-13,15-17H2,1H3,(H,24,25)(H,26,28). The molecule has 1 aliphatic carbocycles. The van der Waals surface area contributed by atoms with Gasteiger partial charge in [0.15, 0.2) is 5.96 Å². The third-order valence-electron chi connectivity index (χ3n) is 6.59. The maximum atomic E-state index is 12.4. The largest absolute Gasteiger partial charge is 0.381 e. The zero-order chi connectivity index (χ0) is 20.1. The number of nitrogens with one attached hydrogen (secondary N) is 2. The molecule has 1 unspecified atom stereocenters. The molecule has 2 aliphatic heterocycles. The first kappa shape index (κ1) is 20.2. The molecule has 0 radical (unpaired) electrons. The first-order valence-electron chi connectivity index (χ1n) is 11.2. The molecule has 1 atom stereocenters. The van der Waals surface area contributed by atoms with Crippen LogP contribution in [0, 0.1) is 11.3 Å². The third kappa shape index (κ3) is 4.92. The summed E-state index contributed by atoms with van der Waals surface area (Å²) >= 11 is 0. The smallest absolute Gasteiger partial charge is 0.227 e. The van der Waals surface area contributed by atoms with Crippen LogP contribution < -0.4 is 10.6 Å². The van der Waals surface area contributed by atoms with E-state index >= 15 is 0 Å². The summed E-state index contributed by atoms with van der Waals surface area (Å²) in [4.78, 5) is 19.7. The molecule has 2 heterocycles. The van der Waals surface area contributed by atoms with E-state index in [9.17, 15) is 4.79 Å². The fraction of sp³-hybridized carbons (Fsp3) is 0.652. The quantitative estimate of drug-likeness (QED) is 0.589. The highest BCUT2D eigenvalue weighted by molar-refractivity contribution is 5.92. The van der Waals surface area contributed by atoms with Gasteiger partial charge >= 0.3 is 0 Å². The predicted molar refractivity (Wildman–Crippen MR) is 116 cm³/mol. The SMILES string of the molecule is CCNC(=NCc1cccc(NC(=O)C2CCCC2)c1)N1CCC2(CCOC2)C1. The van der Waals surface area contributed by atoms with Gasteiger partial charge in [0.1, 0.15) is 0 Å². The zero-order valence-corrected chi connectivity index (χ0v) is 17.6. The van der Waals surface area contributed by atoms with E-state index in [0.717, 1.165) is 69.3 Å². The minimum Gasteiger partial charge on any atom is -0.381 e. The molecule has 1 spiro atoms. The molecule has 4 rings (SSSR count). The Bertz CT molecular complexity index is 736. The van der Waals surface area contributed by atoms with Crippen molar-refractivity contribution in [2.45, 2.75) is 52.0 Å². The molecular formula is C23H34N4O2. The number of ether oxygens (including phenoxy) is 1. The van der Waals surface area contributed by atoms with Gasteiger partial charge in [0.2, 0.25) is 5.91 Å². The van der Waals surface area contributed by atoms with E-state index in [-0.39, 0.29) is 11.8 Å². The van der Waals surface area contributed by atoms with Crippen molar-refractivity contribution < 1.29 is 9.53 Å². The average Bonchev–Trinajstić information content (AvgIpc) is 3.49. The monoisotopic (exact) mass is 398 g/mol. The molecular weight excluding hydrogens is 364 g/mol. The summed E-state index contributed by atoms with van der Waals surface area (Å²) in [6, 6.07) is 8.10. The molecule has 3 fully saturated rings. The van der Waals surface area contributed by atoms with Crippen molar-refractivity contribution in [2.24, 2.45) is 16.3 Å². The van der Waals surface area contributed by atoms with Gasteiger partial charge in [0.05, 0.1) is 13.2 Å². The van der Waals surface area contributed by atoms with E-state index in [4.69, 9.17) is 9.73 Å². The van der Waals surface area contributed by atoms with E-state index in [0.29, 0.717) is 12.0 Å². The number of anilines is 1. The van der Waals surface area contributed by atoms with E-state index in [1.165, 1.54) is 19.3 Å². The lowest BCUT2D eigenvalue weighted by atomic mass is 9.87. The second-order valence-electron chi connectivity index (χ2n) is 8.82. The Labute approximate surface area is 174 Å². The molecule has 0 aromatic heterocycles. The van der Waals surface area contributed by atoms with Crippen molar-refractivity contribution in [3.63, 3.8) is 0 Å². The van der Waals surface area contributed by atoms with Crippen LogP contribution >= 0.6 is 0 Å². The summed E-state index contributed by atoms with van der Waals surface area (Å²) in [6.45, 7) is 7.40. The highest BCUT2D eigenvalue weighted by atomic mass is 16.5. The fourth-order valence-corrected chi connectivity index (χ4v) is 4.86. The zero-order valence-electron chi connectivity index (χ0n) is 17.6. The van der Waals surface area contributed by atoms with E-state index in [1.54, 1.807) is 0 Å². The number of likely N-dealkylation sites (tertiary alicyclic amines) is 1. The van der Waals surface area contributed by atoms with Gasteiger partial charge in [-0.05, 0) is 50.3 Å². The molecule has 1 amide bonds. The van der Waals surface area contributed by atoms with Gasteiger partial charge in [-0.1, -0.05) is 25.0 Å². The molecule has 3 aliphatic rings. The number of guanidine groups is 1. The van der Waals surface area contributed by atoms with Crippen LogP contribution in [0.4, 0.5) is 5.69 Å². The number of carbonyl (C=O) groups is 1. The first-order valence-corrected chi connectivity index (χ1v) is 11.2. The van der Waals surface area contributed by atoms with E-state index in [2.05, 4.69) is 34.6 Å². The number of hydrogen-bond acceptors (Lipinski definition) is 3. The van der Waals surface area contributed by atoms with Crippen LogP contribution in [0.25, 0.3) is 0 Å². The van der Waals surface area contributed by atoms with Gasteiger partial charge in [-0.15, -0.1) is 0 Å². The highest BCUT2D eigenvalue weighted by Gasteiger charge is 2.42. The molecule has 1 saturated carbocycles. The fourth-order valence-electron chi connectivity index (χ4n) is 4.86. The van der Waals surface area contributed by atoms with Gasteiger partial charge in [0.25, 0.3) is 0 Å². The van der Waals surface area contributed by atoms with Crippen LogP contribution in [0.3, 0.4) is 0 Å². The maximum absolute atomic E-state index is 12.4. The third-order valence-corrected chi connectivity index (χ3v) is 6.59. The summed E-state index contributed by atoms with van der Waals surface area (Å²) in [5.41, 5.74) is 2.31. The van der Waals surface area contributed by atoms with Crippen molar-refractivity contribution >= 4 is 17.6 Å². The number of carbonyl (C=O) groups excluding carboxylic acids is 1. The lowest BCUT2D eigenvalue weighted by molar-refractivity contribution is -0.119. The molecule has 1 aromatic rings. The Morgan fingerprint density at radius 1 is 1.31 bits per heavy atom. The Morgan fingerprint density at radius 2 is 2.17 bits per heavy atom. The number of nitrogens with zero attached hydrogens (tertiary/aromatic N) is 2. The van der Waals surface area contributed by atoms with Gasteiger partial charge in [0, 0.05) is 43.3 Å². The molecule has 6 heteroatoms. The molecule has 2 saturated heterocycles. The van der Waals surface area contributed by atoms with E-state index < -0.39 is 0 Å². The van der Waals surface area contributed by atoms with Crippen LogP contribution in [0.2, 0.25) is 0 Å².